The molecule has 1 aliphatic heterocycles. The average molecular weight is 286 g/mol. The molecule has 1 aromatic carbocycles. The second kappa shape index (κ2) is 5.45. The van der Waals surface area contributed by atoms with Crippen molar-refractivity contribution in [2.75, 3.05) is 20.8 Å². The fourth-order valence-corrected chi connectivity index (χ4v) is 2.27. The van der Waals surface area contributed by atoms with Crippen LogP contribution in [0.1, 0.15) is 11.2 Å². The van der Waals surface area contributed by atoms with E-state index in [4.69, 9.17) is 9.47 Å². The predicted octanol–water partition coefficient (Wildman–Crippen LogP) is 1.72. The number of aliphatic imine (C=N–C) groups is 1. The predicted molar refractivity (Wildman–Crippen MR) is 76.2 cm³/mol. The Balaban J connectivity index is 2.10. The van der Waals surface area contributed by atoms with Crippen molar-refractivity contribution in [3.05, 3.63) is 24.3 Å². The van der Waals surface area contributed by atoms with Crippen molar-refractivity contribution >= 4 is 17.6 Å². The van der Waals surface area contributed by atoms with Crippen molar-refractivity contribution in [1.29, 1.82) is 0 Å². The maximum absolute atomic E-state index is 12.3. The SMILES string of the molecule is COCC1=Nc2nnc(-c3ccccc3OC)n2C(=O)C1. The van der Waals surface area contributed by atoms with E-state index in [1.165, 1.54) is 4.57 Å². The first kappa shape index (κ1) is 13.4. The topological polar surface area (TPSA) is 78.6 Å². The van der Waals surface area contributed by atoms with Gasteiger partial charge in [0.05, 0.1) is 31.4 Å². The summed E-state index contributed by atoms with van der Waals surface area (Å²) >= 11 is 0. The molecule has 0 saturated heterocycles. The lowest BCUT2D eigenvalue weighted by atomic mass is 10.1. The minimum Gasteiger partial charge on any atom is -0.496 e. The molecule has 0 spiro atoms. The molecule has 1 aliphatic rings. The monoisotopic (exact) mass is 286 g/mol. The third-order valence-corrected chi connectivity index (χ3v) is 3.17. The number of nitrogens with zero attached hydrogens (tertiary/aromatic N) is 4. The van der Waals surface area contributed by atoms with Crippen LogP contribution in [0.5, 0.6) is 5.75 Å². The molecule has 0 N–H and O–H groups in total. The van der Waals surface area contributed by atoms with E-state index in [9.17, 15) is 4.79 Å². The highest BCUT2D eigenvalue weighted by molar-refractivity contribution is 6.07. The quantitative estimate of drug-likeness (QED) is 0.855. The number of fused-ring (bicyclic) bond motifs is 1. The van der Waals surface area contributed by atoms with Gasteiger partial charge in [-0.2, -0.15) is 0 Å². The smallest absolute Gasteiger partial charge is 0.258 e. The van der Waals surface area contributed by atoms with Crippen LogP contribution in [0.3, 0.4) is 0 Å². The summed E-state index contributed by atoms with van der Waals surface area (Å²) in [6, 6.07) is 7.35. The Bertz CT molecular complexity index is 721. The maximum atomic E-state index is 12.3. The van der Waals surface area contributed by atoms with E-state index in [0.717, 1.165) is 0 Å². The molecule has 0 saturated carbocycles. The lowest BCUT2D eigenvalue weighted by molar-refractivity contribution is 0.0920. The number of hydrogen-bond acceptors (Lipinski definition) is 6. The summed E-state index contributed by atoms with van der Waals surface area (Å²) in [5, 5.41) is 8.07. The molecular formula is C14H14N4O3. The molecule has 2 aromatic rings. The molecule has 0 unspecified atom stereocenters. The van der Waals surface area contributed by atoms with Crippen LogP contribution < -0.4 is 4.74 Å². The number of rotatable bonds is 4. The number of hydrogen-bond donors (Lipinski definition) is 0. The van der Waals surface area contributed by atoms with E-state index in [-0.39, 0.29) is 18.3 Å². The fourth-order valence-electron chi connectivity index (χ4n) is 2.27. The second-order valence-corrected chi connectivity index (χ2v) is 4.54. The highest BCUT2D eigenvalue weighted by atomic mass is 16.5. The highest BCUT2D eigenvalue weighted by Crippen LogP contribution is 2.31. The number of aromatic nitrogens is 3. The van der Waals surface area contributed by atoms with Crippen LogP contribution in [0.2, 0.25) is 0 Å². The van der Waals surface area contributed by atoms with Crippen LogP contribution in [0.25, 0.3) is 11.4 Å². The van der Waals surface area contributed by atoms with E-state index < -0.39 is 0 Å². The van der Waals surface area contributed by atoms with Gasteiger partial charge in [0.15, 0.2) is 5.82 Å². The van der Waals surface area contributed by atoms with Crippen LogP contribution in [-0.2, 0) is 4.74 Å². The van der Waals surface area contributed by atoms with Crippen molar-refractivity contribution in [2.45, 2.75) is 6.42 Å². The van der Waals surface area contributed by atoms with Gasteiger partial charge in [-0.05, 0) is 12.1 Å². The van der Waals surface area contributed by atoms with Crippen molar-refractivity contribution in [3.63, 3.8) is 0 Å². The largest absolute Gasteiger partial charge is 0.496 e. The van der Waals surface area contributed by atoms with E-state index >= 15 is 0 Å². The Morgan fingerprint density at radius 1 is 1.24 bits per heavy atom. The number of para-hydroxylation sites is 1. The fraction of sp³-hybridized carbons (Fsp3) is 0.286. The summed E-state index contributed by atoms with van der Waals surface area (Å²) < 4.78 is 11.7. The summed E-state index contributed by atoms with van der Waals surface area (Å²) in [6.07, 6.45) is 0.195. The van der Waals surface area contributed by atoms with Crippen LogP contribution in [-0.4, -0.2) is 47.2 Å². The van der Waals surface area contributed by atoms with Gasteiger partial charge in [-0.25, -0.2) is 9.56 Å². The van der Waals surface area contributed by atoms with Gasteiger partial charge < -0.3 is 9.47 Å². The standard InChI is InChI=1S/C14H14N4O3/c1-20-8-9-7-12(19)18-13(16-17-14(18)15-9)10-5-3-4-6-11(10)21-2/h3-6H,7-8H2,1-2H3. The molecular weight excluding hydrogens is 272 g/mol. The zero-order chi connectivity index (χ0) is 14.8. The summed E-state index contributed by atoms with van der Waals surface area (Å²) in [7, 11) is 3.13. The molecule has 0 atom stereocenters. The Hall–Kier alpha value is -2.54. The van der Waals surface area contributed by atoms with Gasteiger partial charge in [0.2, 0.25) is 5.91 Å². The number of ether oxygens (including phenoxy) is 2. The van der Waals surface area contributed by atoms with Crippen LogP contribution >= 0.6 is 0 Å². The number of benzene rings is 1. The average Bonchev–Trinajstić information content (AvgIpc) is 2.92. The zero-order valence-corrected chi connectivity index (χ0v) is 11.7. The number of carbonyl (C=O) groups is 1. The van der Waals surface area contributed by atoms with Gasteiger partial charge >= 0.3 is 0 Å². The Kier molecular flexibility index (Phi) is 3.49. The Morgan fingerprint density at radius 2 is 2.05 bits per heavy atom. The summed E-state index contributed by atoms with van der Waals surface area (Å²) in [4.78, 5) is 16.6. The van der Waals surface area contributed by atoms with Crippen molar-refractivity contribution < 1.29 is 14.3 Å². The van der Waals surface area contributed by atoms with Gasteiger partial charge in [-0.3, -0.25) is 4.79 Å². The molecule has 3 rings (SSSR count). The van der Waals surface area contributed by atoms with Crippen molar-refractivity contribution in [1.82, 2.24) is 14.8 Å². The Labute approximate surface area is 121 Å². The highest BCUT2D eigenvalue weighted by Gasteiger charge is 2.26. The maximum Gasteiger partial charge on any atom is 0.258 e. The van der Waals surface area contributed by atoms with Crippen LogP contribution in [0.4, 0.5) is 5.95 Å². The van der Waals surface area contributed by atoms with Crippen molar-refractivity contribution in [3.8, 4) is 17.1 Å². The summed E-state index contributed by atoms with van der Waals surface area (Å²) in [5.74, 6) is 1.22. The minimum atomic E-state index is -0.127. The van der Waals surface area contributed by atoms with Crippen LogP contribution in [0, 0.1) is 0 Å². The zero-order valence-electron chi connectivity index (χ0n) is 11.7. The normalized spacial score (nSPS) is 13.8. The van der Waals surface area contributed by atoms with E-state index in [2.05, 4.69) is 15.2 Å². The Morgan fingerprint density at radius 3 is 2.81 bits per heavy atom. The summed E-state index contributed by atoms with van der Waals surface area (Å²) in [6.45, 7) is 0.308. The van der Waals surface area contributed by atoms with E-state index in [1.54, 1.807) is 14.2 Å². The molecule has 0 amide bonds. The molecule has 0 aliphatic carbocycles. The van der Waals surface area contributed by atoms with E-state index in [0.29, 0.717) is 29.5 Å². The molecule has 7 heteroatoms. The first-order chi connectivity index (χ1) is 10.2. The van der Waals surface area contributed by atoms with E-state index in [1.807, 2.05) is 24.3 Å². The molecule has 108 valence electrons. The molecule has 0 bridgehead atoms. The van der Waals surface area contributed by atoms with Gasteiger partial charge in [0, 0.05) is 7.11 Å². The third kappa shape index (κ3) is 2.31. The first-order valence-electron chi connectivity index (χ1n) is 6.42. The first-order valence-corrected chi connectivity index (χ1v) is 6.42. The molecule has 7 nitrogen and oxygen atoms in total. The molecule has 0 radical (unpaired) electrons. The molecule has 0 fully saturated rings. The van der Waals surface area contributed by atoms with Gasteiger partial charge in [-0.1, -0.05) is 12.1 Å². The van der Waals surface area contributed by atoms with Gasteiger partial charge in [0.1, 0.15) is 5.75 Å². The molecule has 2 heterocycles. The minimum absolute atomic E-state index is 0.127. The van der Waals surface area contributed by atoms with Crippen molar-refractivity contribution in [2.24, 2.45) is 4.99 Å². The van der Waals surface area contributed by atoms with Gasteiger partial charge in [-0.15, -0.1) is 10.2 Å². The number of carbonyl (C=O) groups excluding carboxylic acids is 1. The molecule has 1 aromatic heterocycles. The third-order valence-electron chi connectivity index (χ3n) is 3.17. The lowest BCUT2D eigenvalue weighted by Crippen LogP contribution is -2.23. The van der Waals surface area contributed by atoms with Gasteiger partial charge in [0.25, 0.3) is 5.95 Å². The second-order valence-electron chi connectivity index (χ2n) is 4.54. The number of methoxy groups -OCH3 is 2. The molecule has 21 heavy (non-hydrogen) atoms. The summed E-state index contributed by atoms with van der Waals surface area (Å²) in [5.41, 5.74) is 1.35. The lowest BCUT2D eigenvalue weighted by Gasteiger charge is -2.14. The van der Waals surface area contributed by atoms with Crippen LogP contribution in [0.15, 0.2) is 29.3 Å².